The third kappa shape index (κ3) is 7.36. The lowest BCUT2D eigenvalue weighted by molar-refractivity contribution is -0.124. The van der Waals surface area contributed by atoms with Gasteiger partial charge in [0.05, 0.1) is 6.04 Å². The molecule has 5 nitrogen and oxygen atoms in total. The fourth-order valence-corrected chi connectivity index (χ4v) is 4.06. The van der Waals surface area contributed by atoms with Crippen LogP contribution in [0.15, 0.2) is 24.3 Å². The monoisotopic (exact) mass is 451 g/mol. The van der Waals surface area contributed by atoms with Gasteiger partial charge in [-0.05, 0) is 62.2 Å². The lowest BCUT2D eigenvalue weighted by Gasteiger charge is -2.33. The molecule has 0 aromatic heterocycles. The summed E-state index contributed by atoms with van der Waals surface area (Å²) >= 11 is 6.26. The van der Waals surface area contributed by atoms with E-state index in [4.69, 9.17) is 22.1 Å². The lowest BCUT2D eigenvalue weighted by Crippen LogP contribution is -2.48. The summed E-state index contributed by atoms with van der Waals surface area (Å²) in [5.41, 5.74) is 7.33. The van der Waals surface area contributed by atoms with Gasteiger partial charge in [0.2, 0.25) is 5.91 Å². The zero-order valence-electron chi connectivity index (χ0n) is 16.1. The molecule has 1 aromatic carbocycles. The van der Waals surface area contributed by atoms with Crippen LogP contribution >= 0.6 is 36.4 Å². The van der Waals surface area contributed by atoms with E-state index in [9.17, 15) is 4.79 Å². The van der Waals surface area contributed by atoms with Gasteiger partial charge in [-0.25, -0.2) is 0 Å². The Morgan fingerprint density at radius 3 is 2.46 bits per heavy atom. The van der Waals surface area contributed by atoms with Gasteiger partial charge >= 0.3 is 0 Å². The van der Waals surface area contributed by atoms with Crippen molar-refractivity contribution in [3.8, 4) is 0 Å². The van der Waals surface area contributed by atoms with Crippen LogP contribution in [0.5, 0.6) is 0 Å². The molecule has 8 heteroatoms. The summed E-state index contributed by atoms with van der Waals surface area (Å²) in [6.45, 7) is 5.14. The molecule has 1 amide bonds. The second kappa shape index (κ2) is 12.9. The Bertz CT molecular complexity index is 592. The Balaban J connectivity index is 0.00000196. The van der Waals surface area contributed by atoms with Gasteiger partial charge < -0.3 is 15.8 Å². The summed E-state index contributed by atoms with van der Waals surface area (Å²) in [5.74, 6) is 0.778. The molecule has 2 heterocycles. The summed E-state index contributed by atoms with van der Waals surface area (Å²) in [4.78, 5) is 14.8. The van der Waals surface area contributed by atoms with Crippen molar-refractivity contribution in [3.63, 3.8) is 0 Å². The number of halogens is 3. The zero-order valence-corrected chi connectivity index (χ0v) is 18.5. The Hall–Kier alpha value is -0.560. The molecule has 2 saturated heterocycles. The van der Waals surface area contributed by atoms with E-state index < -0.39 is 6.04 Å². The van der Waals surface area contributed by atoms with Crippen molar-refractivity contribution in [1.82, 2.24) is 10.2 Å². The van der Waals surface area contributed by atoms with E-state index in [1.54, 1.807) is 0 Å². The molecule has 0 radical (unpaired) electrons. The summed E-state index contributed by atoms with van der Waals surface area (Å²) in [6.07, 6.45) is 3.96. The second-order valence-electron chi connectivity index (χ2n) is 7.53. The fourth-order valence-electron chi connectivity index (χ4n) is 3.87. The summed E-state index contributed by atoms with van der Waals surface area (Å²) in [7, 11) is 0. The van der Waals surface area contributed by atoms with E-state index in [-0.39, 0.29) is 36.6 Å². The van der Waals surface area contributed by atoms with E-state index in [2.05, 4.69) is 16.3 Å². The Kier molecular flexibility index (Phi) is 11.7. The standard InChI is InChI=1S/C20H30ClN3O2.2ClH/c21-18-4-2-1-3-17(18)14-24-9-5-15(6-10-24)13-23-20(25)19(22)16-7-11-26-12-8-16;;/h1-4,15-16,19H,5-14,22H2,(H,23,25);2*1H. The number of nitrogens with two attached hydrogens (primary N) is 1. The average Bonchev–Trinajstić information content (AvgIpc) is 2.69. The van der Waals surface area contributed by atoms with Crippen molar-refractivity contribution in [2.75, 3.05) is 32.8 Å². The minimum Gasteiger partial charge on any atom is -0.381 e. The normalized spacial score (nSPS) is 19.9. The number of benzene rings is 1. The van der Waals surface area contributed by atoms with Crippen LogP contribution in [0.3, 0.4) is 0 Å². The predicted octanol–water partition coefficient (Wildman–Crippen LogP) is 3.27. The molecular weight excluding hydrogens is 421 g/mol. The quantitative estimate of drug-likeness (QED) is 0.695. The van der Waals surface area contributed by atoms with E-state index in [0.29, 0.717) is 5.92 Å². The van der Waals surface area contributed by atoms with Gasteiger partial charge in [-0.2, -0.15) is 0 Å². The first-order chi connectivity index (χ1) is 12.6. The number of hydrogen-bond donors (Lipinski definition) is 2. The summed E-state index contributed by atoms with van der Waals surface area (Å²) in [5, 5.41) is 3.92. The van der Waals surface area contributed by atoms with Crippen LogP contribution < -0.4 is 11.1 Å². The smallest absolute Gasteiger partial charge is 0.237 e. The van der Waals surface area contributed by atoms with Crippen LogP contribution in [0.1, 0.15) is 31.2 Å². The maximum absolute atomic E-state index is 12.3. The molecule has 1 unspecified atom stereocenters. The average molecular weight is 453 g/mol. The molecule has 0 bridgehead atoms. The molecule has 1 aromatic rings. The predicted molar refractivity (Wildman–Crippen MR) is 118 cm³/mol. The lowest BCUT2D eigenvalue weighted by atomic mass is 9.91. The molecule has 0 saturated carbocycles. The Morgan fingerprint density at radius 2 is 1.82 bits per heavy atom. The number of hydrogen-bond acceptors (Lipinski definition) is 4. The fraction of sp³-hybridized carbons (Fsp3) is 0.650. The number of nitrogens with one attached hydrogen (secondary N) is 1. The Morgan fingerprint density at radius 1 is 1.18 bits per heavy atom. The number of carbonyl (C=O) groups is 1. The molecule has 28 heavy (non-hydrogen) atoms. The number of carbonyl (C=O) groups excluding carboxylic acids is 1. The maximum Gasteiger partial charge on any atom is 0.237 e. The van der Waals surface area contributed by atoms with Crippen molar-refractivity contribution in [1.29, 1.82) is 0 Å². The molecule has 0 spiro atoms. The van der Waals surface area contributed by atoms with Gasteiger partial charge in [-0.1, -0.05) is 29.8 Å². The van der Waals surface area contributed by atoms with Gasteiger partial charge in [0.1, 0.15) is 0 Å². The van der Waals surface area contributed by atoms with E-state index in [0.717, 1.165) is 70.1 Å². The van der Waals surface area contributed by atoms with Gasteiger partial charge in [0.15, 0.2) is 0 Å². The molecule has 2 fully saturated rings. The van der Waals surface area contributed by atoms with Crippen molar-refractivity contribution in [2.45, 2.75) is 38.3 Å². The molecule has 2 aliphatic heterocycles. The minimum absolute atomic E-state index is 0. The highest BCUT2D eigenvalue weighted by Gasteiger charge is 2.27. The number of nitrogens with zero attached hydrogens (tertiary/aromatic N) is 1. The van der Waals surface area contributed by atoms with Gasteiger partial charge in [-0.3, -0.25) is 9.69 Å². The summed E-state index contributed by atoms with van der Waals surface area (Å²) in [6, 6.07) is 7.63. The van der Waals surface area contributed by atoms with Crippen molar-refractivity contribution in [2.24, 2.45) is 17.6 Å². The SMILES string of the molecule is Cl.Cl.NC(C(=O)NCC1CCN(Cc2ccccc2Cl)CC1)C1CCOCC1. The number of likely N-dealkylation sites (tertiary alicyclic amines) is 1. The van der Waals surface area contributed by atoms with Crippen LogP contribution in [0, 0.1) is 11.8 Å². The summed E-state index contributed by atoms with van der Waals surface area (Å²) < 4.78 is 5.34. The second-order valence-corrected chi connectivity index (χ2v) is 7.94. The first-order valence-electron chi connectivity index (χ1n) is 9.70. The molecule has 160 valence electrons. The highest BCUT2D eigenvalue weighted by molar-refractivity contribution is 6.31. The molecule has 2 aliphatic rings. The highest BCUT2D eigenvalue weighted by Crippen LogP contribution is 2.22. The third-order valence-electron chi connectivity index (χ3n) is 5.70. The zero-order chi connectivity index (χ0) is 18.4. The van der Waals surface area contributed by atoms with Gasteiger partial charge in [0.25, 0.3) is 0 Å². The molecular formula is C20H32Cl3N3O2. The largest absolute Gasteiger partial charge is 0.381 e. The topological polar surface area (TPSA) is 67.6 Å². The van der Waals surface area contributed by atoms with Crippen LogP contribution in [0.25, 0.3) is 0 Å². The van der Waals surface area contributed by atoms with E-state index >= 15 is 0 Å². The minimum atomic E-state index is -0.404. The van der Waals surface area contributed by atoms with Crippen molar-refractivity contribution >= 4 is 42.3 Å². The van der Waals surface area contributed by atoms with Crippen LogP contribution in [-0.4, -0.2) is 49.7 Å². The van der Waals surface area contributed by atoms with E-state index in [1.165, 1.54) is 5.56 Å². The van der Waals surface area contributed by atoms with Gasteiger partial charge in [0, 0.05) is 31.3 Å². The number of ether oxygens (including phenoxy) is 1. The molecule has 1 atom stereocenters. The van der Waals surface area contributed by atoms with E-state index in [1.807, 2.05) is 18.2 Å². The third-order valence-corrected chi connectivity index (χ3v) is 6.07. The number of amides is 1. The molecule has 3 rings (SSSR count). The van der Waals surface area contributed by atoms with Crippen molar-refractivity contribution in [3.05, 3.63) is 34.9 Å². The van der Waals surface area contributed by atoms with Gasteiger partial charge in [-0.15, -0.1) is 24.8 Å². The molecule has 3 N–H and O–H groups in total. The Labute approximate surface area is 185 Å². The first kappa shape index (κ1) is 25.5. The first-order valence-corrected chi connectivity index (χ1v) is 10.1. The van der Waals surface area contributed by atoms with Crippen molar-refractivity contribution < 1.29 is 9.53 Å². The highest BCUT2D eigenvalue weighted by atomic mass is 35.5. The van der Waals surface area contributed by atoms with Crippen LogP contribution in [0.2, 0.25) is 5.02 Å². The number of rotatable bonds is 6. The van der Waals surface area contributed by atoms with Crippen LogP contribution in [0.4, 0.5) is 0 Å². The molecule has 0 aliphatic carbocycles. The van der Waals surface area contributed by atoms with Crippen LogP contribution in [-0.2, 0) is 16.1 Å². The maximum atomic E-state index is 12.3. The number of piperidine rings is 1.